The van der Waals surface area contributed by atoms with Crippen molar-refractivity contribution in [3.05, 3.63) is 28.0 Å². The Bertz CT molecular complexity index is 758. The number of benzene rings is 1. The predicted octanol–water partition coefficient (Wildman–Crippen LogP) is 3.33. The van der Waals surface area contributed by atoms with E-state index in [1.165, 1.54) is 13.8 Å². The number of hydrogen-bond donors (Lipinski definition) is 0. The number of rotatable bonds is 1. The lowest BCUT2D eigenvalue weighted by Crippen LogP contribution is -2.36. The van der Waals surface area contributed by atoms with E-state index in [1.54, 1.807) is 0 Å². The van der Waals surface area contributed by atoms with Gasteiger partial charge in [-0.1, -0.05) is 0 Å². The minimum Gasteiger partial charge on any atom is -0.466 e. The predicted molar refractivity (Wildman–Crippen MR) is 71.4 cm³/mol. The van der Waals surface area contributed by atoms with Crippen LogP contribution in [-0.4, -0.2) is 25.5 Å². The van der Waals surface area contributed by atoms with Gasteiger partial charge in [0.1, 0.15) is 11.6 Å². The van der Waals surface area contributed by atoms with Gasteiger partial charge in [0.2, 0.25) is 5.90 Å². The normalized spacial score (nSPS) is 17.3. The maximum Gasteiger partial charge on any atom is 0.534 e. The summed E-state index contributed by atoms with van der Waals surface area (Å²) in [4.78, 5) is 3.67. The Morgan fingerprint density at radius 3 is 2.45 bits per heavy atom. The Morgan fingerprint density at radius 1 is 1.32 bits per heavy atom. The Labute approximate surface area is 131 Å². The fraction of sp³-hybridized carbons (Fsp3) is 0.364. The maximum atomic E-state index is 13.5. The fourth-order valence-corrected chi connectivity index (χ4v) is 2.36. The topological polar surface area (TPSA) is 65.0 Å². The van der Waals surface area contributed by atoms with Crippen LogP contribution in [0.1, 0.15) is 19.4 Å². The first-order valence-electron chi connectivity index (χ1n) is 5.61. The molecule has 2 rings (SSSR count). The molecule has 0 radical (unpaired) electrons. The summed E-state index contributed by atoms with van der Waals surface area (Å²) in [7, 11) is -5.91. The SMILES string of the molecule is CC1(C)N=C(OS(=O)(=O)C(F)(F)F)c2cc(Br)c(F)cc2O1. The highest BCUT2D eigenvalue weighted by molar-refractivity contribution is 9.10. The van der Waals surface area contributed by atoms with E-state index in [-0.39, 0.29) is 15.8 Å². The Hall–Kier alpha value is -1.36. The molecule has 11 heteroatoms. The van der Waals surface area contributed by atoms with E-state index >= 15 is 0 Å². The molecule has 0 atom stereocenters. The van der Waals surface area contributed by atoms with E-state index in [0.29, 0.717) is 0 Å². The van der Waals surface area contributed by atoms with Gasteiger partial charge in [0.25, 0.3) is 0 Å². The molecule has 5 nitrogen and oxygen atoms in total. The van der Waals surface area contributed by atoms with Crippen LogP contribution in [0.25, 0.3) is 0 Å². The van der Waals surface area contributed by atoms with Gasteiger partial charge in [0, 0.05) is 6.07 Å². The van der Waals surface area contributed by atoms with Crippen molar-refractivity contribution in [3.8, 4) is 5.75 Å². The average Bonchev–Trinajstić information content (AvgIpc) is 2.28. The molecule has 0 saturated carbocycles. The highest BCUT2D eigenvalue weighted by Gasteiger charge is 2.50. The summed E-state index contributed by atoms with van der Waals surface area (Å²) in [5, 5.41) is 0. The minimum absolute atomic E-state index is 0.115. The van der Waals surface area contributed by atoms with E-state index in [2.05, 4.69) is 25.1 Å². The average molecular weight is 406 g/mol. The minimum atomic E-state index is -5.91. The molecule has 1 aliphatic rings. The Balaban J connectivity index is 2.56. The van der Waals surface area contributed by atoms with Gasteiger partial charge in [0.15, 0.2) is 5.72 Å². The smallest absolute Gasteiger partial charge is 0.466 e. The summed E-state index contributed by atoms with van der Waals surface area (Å²) in [6.45, 7) is 2.69. The second-order valence-corrected chi connectivity index (χ2v) is 7.10. The van der Waals surface area contributed by atoms with Crippen LogP contribution in [0.5, 0.6) is 5.75 Å². The zero-order valence-electron chi connectivity index (χ0n) is 11.0. The lowest BCUT2D eigenvalue weighted by molar-refractivity contribution is -0.0506. The summed E-state index contributed by atoms with van der Waals surface area (Å²) in [5.41, 5.74) is -7.26. The van der Waals surface area contributed by atoms with Gasteiger partial charge in [-0.15, -0.1) is 0 Å². The Morgan fingerprint density at radius 2 is 1.91 bits per heavy atom. The van der Waals surface area contributed by atoms with Crippen molar-refractivity contribution in [2.45, 2.75) is 25.1 Å². The number of halogens is 5. The second kappa shape index (κ2) is 5.08. The second-order valence-electron chi connectivity index (χ2n) is 4.71. The van der Waals surface area contributed by atoms with Gasteiger partial charge < -0.3 is 8.92 Å². The summed E-state index contributed by atoms with van der Waals surface area (Å²) in [6, 6.07) is 1.91. The molecule has 1 aromatic rings. The third-order valence-corrected chi connectivity index (χ3v) is 4.01. The molecular formula is C11H8BrF4NO4S. The molecule has 0 aromatic heterocycles. The van der Waals surface area contributed by atoms with Gasteiger partial charge in [-0.2, -0.15) is 21.6 Å². The number of aliphatic imine (C=N–C) groups is 1. The van der Waals surface area contributed by atoms with Crippen molar-refractivity contribution in [3.63, 3.8) is 0 Å². The summed E-state index contributed by atoms with van der Waals surface area (Å²) < 4.78 is 82.3. The first-order chi connectivity index (χ1) is 9.82. The van der Waals surface area contributed by atoms with Crippen LogP contribution >= 0.6 is 15.9 Å². The standard InChI is InChI=1S/C11H8BrF4NO4S/c1-10(2)17-9(21-22(18,19)11(14,15)16)5-3-6(12)7(13)4-8(5)20-10/h3-4H,1-2H3. The van der Waals surface area contributed by atoms with Crippen LogP contribution in [0.3, 0.4) is 0 Å². The van der Waals surface area contributed by atoms with E-state index in [0.717, 1.165) is 12.1 Å². The monoisotopic (exact) mass is 405 g/mol. The van der Waals surface area contributed by atoms with Gasteiger partial charge in [-0.3, -0.25) is 0 Å². The third kappa shape index (κ3) is 3.19. The third-order valence-electron chi connectivity index (χ3n) is 2.46. The van der Waals surface area contributed by atoms with Gasteiger partial charge >= 0.3 is 15.6 Å². The van der Waals surface area contributed by atoms with Gasteiger partial charge in [0.05, 0.1) is 10.0 Å². The quantitative estimate of drug-likeness (QED) is 0.408. The molecule has 122 valence electrons. The van der Waals surface area contributed by atoms with E-state index < -0.39 is 33.1 Å². The van der Waals surface area contributed by atoms with Crippen molar-refractivity contribution < 1.29 is 34.9 Å². The van der Waals surface area contributed by atoms with Crippen molar-refractivity contribution in [1.82, 2.24) is 0 Å². The fourth-order valence-electron chi connectivity index (χ4n) is 1.59. The first-order valence-corrected chi connectivity index (χ1v) is 7.81. The van der Waals surface area contributed by atoms with Gasteiger partial charge in [-0.05, 0) is 35.8 Å². The molecule has 0 N–H and O–H groups in total. The van der Waals surface area contributed by atoms with Crippen LogP contribution in [-0.2, 0) is 14.3 Å². The molecule has 0 unspecified atom stereocenters. The zero-order valence-corrected chi connectivity index (χ0v) is 13.4. The number of nitrogens with zero attached hydrogens (tertiary/aromatic N) is 1. The molecule has 0 amide bonds. The van der Waals surface area contributed by atoms with E-state index in [4.69, 9.17) is 4.74 Å². The van der Waals surface area contributed by atoms with Crippen LogP contribution in [0.2, 0.25) is 0 Å². The maximum absolute atomic E-state index is 13.5. The number of fused-ring (bicyclic) bond motifs is 1. The van der Waals surface area contributed by atoms with E-state index in [1.807, 2.05) is 0 Å². The molecule has 0 saturated heterocycles. The van der Waals surface area contributed by atoms with Crippen LogP contribution < -0.4 is 4.74 Å². The molecule has 0 aliphatic carbocycles. The highest BCUT2D eigenvalue weighted by Crippen LogP contribution is 2.36. The number of ether oxygens (including phenoxy) is 1. The molecule has 1 aromatic carbocycles. The molecular weight excluding hydrogens is 398 g/mol. The van der Waals surface area contributed by atoms with Crippen molar-refractivity contribution >= 4 is 31.9 Å². The van der Waals surface area contributed by atoms with Crippen LogP contribution in [0.15, 0.2) is 21.6 Å². The van der Waals surface area contributed by atoms with Gasteiger partial charge in [-0.25, -0.2) is 9.38 Å². The largest absolute Gasteiger partial charge is 0.534 e. The zero-order chi connectivity index (χ0) is 16.9. The summed E-state index contributed by atoms with van der Waals surface area (Å²) >= 11 is 2.84. The van der Waals surface area contributed by atoms with Crippen LogP contribution in [0, 0.1) is 5.82 Å². The number of alkyl halides is 3. The molecule has 1 heterocycles. The molecule has 22 heavy (non-hydrogen) atoms. The van der Waals surface area contributed by atoms with Crippen molar-refractivity contribution in [2.24, 2.45) is 4.99 Å². The molecule has 0 bridgehead atoms. The van der Waals surface area contributed by atoms with Crippen molar-refractivity contribution in [2.75, 3.05) is 0 Å². The van der Waals surface area contributed by atoms with Crippen LogP contribution in [0.4, 0.5) is 17.6 Å². The van der Waals surface area contributed by atoms with E-state index in [9.17, 15) is 26.0 Å². The molecule has 0 fully saturated rings. The highest BCUT2D eigenvalue weighted by atomic mass is 79.9. The summed E-state index contributed by atoms with van der Waals surface area (Å²) in [6.07, 6.45) is 0. The lowest BCUT2D eigenvalue weighted by Gasteiger charge is -2.29. The lowest BCUT2D eigenvalue weighted by atomic mass is 10.1. The van der Waals surface area contributed by atoms with Crippen molar-refractivity contribution in [1.29, 1.82) is 0 Å². The molecule has 0 spiro atoms. The summed E-state index contributed by atoms with van der Waals surface area (Å²) in [5.74, 6) is -1.76. The Kier molecular flexibility index (Phi) is 3.93. The first kappa shape index (κ1) is 17.0. The number of hydrogen-bond acceptors (Lipinski definition) is 5. The molecule has 1 aliphatic heterocycles.